The van der Waals surface area contributed by atoms with Crippen molar-refractivity contribution in [3.8, 4) is 0 Å². The molecule has 2 aromatic carbocycles. The summed E-state index contributed by atoms with van der Waals surface area (Å²) >= 11 is 0. The van der Waals surface area contributed by atoms with Gasteiger partial charge in [-0.15, -0.1) is 0 Å². The van der Waals surface area contributed by atoms with Crippen LogP contribution in [0.25, 0.3) is 0 Å². The summed E-state index contributed by atoms with van der Waals surface area (Å²) < 4.78 is 39.4. The molecule has 0 saturated carbocycles. The number of benzene rings is 2. The van der Waals surface area contributed by atoms with E-state index >= 15 is 0 Å². The zero-order valence-corrected chi connectivity index (χ0v) is 15.9. The molecule has 1 fully saturated rings. The molecule has 28 heavy (non-hydrogen) atoms. The van der Waals surface area contributed by atoms with Crippen molar-refractivity contribution in [1.82, 2.24) is 14.5 Å². The van der Waals surface area contributed by atoms with E-state index in [0.29, 0.717) is 0 Å². The Morgan fingerprint density at radius 1 is 0.929 bits per heavy atom. The molecule has 1 heterocycles. The Morgan fingerprint density at radius 3 is 2.14 bits per heavy atom. The molecule has 148 valence electrons. The molecule has 2 aromatic rings. The van der Waals surface area contributed by atoms with E-state index in [1.54, 1.807) is 18.2 Å². The number of nitrogens with zero attached hydrogens (tertiary/aromatic N) is 2. The maximum absolute atomic E-state index is 12.9. The molecule has 0 atom stereocenters. The van der Waals surface area contributed by atoms with E-state index in [1.165, 1.54) is 45.6 Å². The summed E-state index contributed by atoms with van der Waals surface area (Å²) in [5.41, 5.74) is 0.257. The molecule has 2 amide bonds. The summed E-state index contributed by atoms with van der Waals surface area (Å²) in [6, 6.07) is 13.2. The van der Waals surface area contributed by atoms with Gasteiger partial charge < -0.3 is 10.2 Å². The molecular formula is C19H20FN3O4S. The number of rotatable bonds is 5. The Kier molecular flexibility index (Phi) is 6.05. The largest absolute Gasteiger partial charge is 0.343 e. The first-order valence-electron chi connectivity index (χ1n) is 8.74. The summed E-state index contributed by atoms with van der Waals surface area (Å²) in [7, 11) is -3.58. The Morgan fingerprint density at radius 2 is 1.54 bits per heavy atom. The highest BCUT2D eigenvalue weighted by atomic mass is 32.2. The van der Waals surface area contributed by atoms with Crippen molar-refractivity contribution in [2.24, 2.45) is 0 Å². The number of nitrogens with one attached hydrogen (secondary N) is 1. The van der Waals surface area contributed by atoms with Gasteiger partial charge in [-0.25, -0.2) is 12.8 Å². The molecule has 3 rings (SSSR count). The first-order valence-corrected chi connectivity index (χ1v) is 10.2. The lowest BCUT2D eigenvalue weighted by atomic mass is 10.2. The highest BCUT2D eigenvalue weighted by Crippen LogP contribution is 2.17. The molecule has 9 heteroatoms. The van der Waals surface area contributed by atoms with Gasteiger partial charge in [-0.2, -0.15) is 4.31 Å². The first kappa shape index (κ1) is 20.0. The van der Waals surface area contributed by atoms with Crippen LogP contribution in [0.15, 0.2) is 59.5 Å². The third-order valence-corrected chi connectivity index (χ3v) is 6.39. The van der Waals surface area contributed by atoms with Crippen LogP contribution in [0, 0.1) is 5.82 Å². The van der Waals surface area contributed by atoms with Gasteiger partial charge in [0.05, 0.1) is 11.4 Å². The van der Waals surface area contributed by atoms with Gasteiger partial charge >= 0.3 is 0 Å². The number of sulfonamides is 1. The van der Waals surface area contributed by atoms with Crippen molar-refractivity contribution in [3.63, 3.8) is 0 Å². The average molecular weight is 405 g/mol. The van der Waals surface area contributed by atoms with Gasteiger partial charge in [0.1, 0.15) is 5.82 Å². The molecule has 0 aromatic heterocycles. The van der Waals surface area contributed by atoms with Gasteiger partial charge in [-0.1, -0.05) is 18.2 Å². The normalized spacial score (nSPS) is 15.2. The highest BCUT2D eigenvalue weighted by Gasteiger charge is 2.29. The minimum atomic E-state index is -3.58. The van der Waals surface area contributed by atoms with Gasteiger partial charge in [0, 0.05) is 31.7 Å². The van der Waals surface area contributed by atoms with Crippen molar-refractivity contribution in [3.05, 3.63) is 66.0 Å². The topological polar surface area (TPSA) is 86.8 Å². The van der Waals surface area contributed by atoms with Crippen molar-refractivity contribution < 1.29 is 22.4 Å². The van der Waals surface area contributed by atoms with Gasteiger partial charge in [0.25, 0.3) is 5.91 Å². The predicted octanol–water partition coefficient (Wildman–Crippen LogP) is 1.09. The van der Waals surface area contributed by atoms with E-state index in [1.807, 2.05) is 0 Å². The Balaban J connectivity index is 1.51. The fourth-order valence-corrected chi connectivity index (χ4v) is 4.33. The Bertz CT molecular complexity index is 941. The van der Waals surface area contributed by atoms with Crippen LogP contribution in [0.5, 0.6) is 0 Å². The second kappa shape index (κ2) is 8.49. The standard InChI is InChI=1S/C19H20FN3O4S/c20-16-8-6-15(7-9-16)19(25)21-14-18(24)22-10-12-23(13-11-22)28(26,27)17-4-2-1-3-5-17/h1-9H,10-14H2,(H,21,25). The molecule has 1 N–H and O–H groups in total. The lowest BCUT2D eigenvalue weighted by Gasteiger charge is -2.34. The third kappa shape index (κ3) is 4.55. The number of piperazine rings is 1. The van der Waals surface area contributed by atoms with Gasteiger partial charge in [-0.05, 0) is 36.4 Å². The number of hydrogen-bond donors (Lipinski definition) is 1. The SMILES string of the molecule is O=C(NCC(=O)N1CCN(S(=O)(=O)c2ccccc2)CC1)c1ccc(F)cc1. The lowest BCUT2D eigenvalue weighted by molar-refractivity contribution is -0.131. The number of halogens is 1. The van der Waals surface area contributed by atoms with E-state index in [4.69, 9.17) is 0 Å². The summed E-state index contributed by atoms with van der Waals surface area (Å²) in [5, 5.41) is 2.50. The minimum Gasteiger partial charge on any atom is -0.343 e. The van der Waals surface area contributed by atoms with Gasteiger partial charge in [0.15, 0.2) is 0 Å². The van der Waals surface area contributed by atoms with Crippen LogP contribution in [0.2, 0.25) is 0 Å². The first-order chi connectivity index (χ1) is 13.4. The molecule has 1 aliphatic rings. The smallest absolute Gasteiger partial charge is 0.251 e. The van der Waals surface area contributed by atoms with Crippen molar-refractivity contribution in [1.29, 1.82) is 0 Å². The van der Waals surface area contributed by atoms with Crippen molar-refractivity contribution in [2.75, 3.05) is 32.7 Å². The molecule has 1 aliphatic heterocycles. The summed E-state index contributed by atoms with van der Waals surface area (Å²) in [6.45, 7) is 0.667. The summed E-state index contributed by atoms with van der Waals surface area (Å²) in [6.07, 6.45) is 0. The Labute approximate surface area is 162 Å². The average Bonchev–Trinajstić information content (AvgIpc) is 2.73. The molecule has 0 bridgehead atoms. The van der Waals surface area contributed by atoms with Crippen molar-refractivity contribution in [2.45, 2.75) is 4.90 Å². The van der Waals surface area contributed by atoms with E-state index in [9.17, 15) is 22.4 Å². The van der Waals surface area contributed by atoms with Crippen LogP contribution < -0.4 is 5.32 Å². The molecule has 7 nitrogen and oxygen atoms in total. The van der Waals surface area contributed by atoms with Crippen LogP contribution in [0.3, 0.4) is 0 Å². The van der Waals surface area contributed by atoms with E-state index in [0.717, 1.165) is 0 Å². The zero-order chi connectivity index (χ0) is 20.1. The minimum absolute atomic E-state index is 0.189. The maximum Gasteiger partial charge on any atom is 0.251 e. The maximum atomic E-state index is 12.9. The third-order valence-electron chi connectivity index (χ3n) is 4.48. The lowest BCUT2D eigenvalue weighted by Crippen LogP contribution is -2.52. The van der Waals surface area contributed by atoms with Crippen LogP contribution in [-0.2, 0) is 14.8 Å². The molecule has 0 aliphatic carbocycles. The number of amides is 2. The second-order valence-electron chi connectivity index (χ2n) is 6.29. The van der Waals surface area contributed by atoms with E-state index < -0.39 is 21.7 Å². The van der Waals surface area contributed by atoms with Crippen LogP contribution in [-0.4, -0.2) is 62.2 Å². The number of carbonyl (C=O) groups excluding carboxylic acids is 2. The van der Waals surface area contributed by atoms with E-state index in [-0.39, 0.29) is 49.1 Å². The van der Waals surface area contributed by atoms with Crippen molar-refractivity contribution >= 4 is 21.8 Å². The fraction of sp³-hybridized carbons (Fsp3) is 0.263. The van der Waals surface area contributed by atoms with Crippen LogP contribution >= 0.6 is 0 Å². The monoisotopic (exact) mass is 405 g/mol. The van der Waals surface area contributed by atoms with Gasteiger partial charge in [-0.3, -0.25) is 9.59 Å². The summed E-state index contributed by atoms with van der Waals surface area (Å²) in [5.74, 6) is -1.22. The molecule has 0 spiro atoms. The fourth-order valence-electron chi connectivity index (χ4n) is 2.89. The number of carbonyl (C=O) groups is 2. The quantitative estimate of drug-likeness (QED) is 0.807. The van der Waals surface area contributed by atoms with Gasteiger partial charge in [0.2, 0.25) is 15.9 Å². The van der Waals surface area contributed by atoms with Crippen LogP contribution in [0.1, 0.15) is 10.4 Å². The predicted molar refractivity (Wildman–Crippen MR) is 101 cm³/mol. The Hall–Kier alpha value is -2.78. The van der Waals surface area contributed by atoms with E-state index in [2.05, 4.69) is 5.32 Å². The molecule has 0 radical (unpaired) electrons. The molecular weight excluding hydrogens is 385 g/mol. The highest BCUT2D eigenvalue weighted by molar-refractivity contribution is 7.89. The number of hydrogen-bond acceptors (Lipinski definition) is 4. The molecule has 0 unspecified atom stereocenters. The summed E-state index contributed by atoms with van der Waals surface area (Å²) in [4.78, 5) is 26.0. The molecule has 1 saturated heterocycles. The van der Waals surface area contributed by atoms with Crippen LogP contribution in [0.4, 0.5) is 4.39 Å². The zero-order valence-electron chi connectivity index (χ0n) is 15.0. The second-order valence-corrected chi connectivity index (χ2v) is 8.23.